The van der Waals surface area contributed by atoms with Gasteiger partial charge < -0.3 is 10.1 Å². The standard InChI is InChI=1S/C16H22N2O2/c1-15(2,3)20-14(19)18-12-4-5-13-11(10-12)6-7-16(13)8-9-17-16/h4-5,10,17H,6-9H2,1-3H3,(H,18,19)/t16-/m0/s1. The lowest BCUT2D eigenvalue weighted by molar-refractivity contribution is 0.0636. The van der Waals surface area contributed by atoms with Crippen molar-refractivity contribution in [3.05, 3.63) is 29.3 Å². The quantitative estimate of drug-likeness (QED) is 0.827. The van der Waals surface area contributed by atoms with Crippen LogP contribution in [0.3, 0.4) is 0 Å². The van der Waals surface area contributed by atoms with Gasteiger partial charge in [0.2, 0.25) is 0 Å². The maximum Gasteiger partial charge on any atom is 0.412 e. The first-order valence-electron chi connectivity index (χ1n) is 7.26. The van der Waals surface area contributed by atoms with Crippen LogP contribution < -0.4 is 10.6 Å². The molecule has 108 valence electrons. The second-order valence-electron chi connectivity index (χ2n) is 6.76. The predicted molar refractivity (Wildman–Crippen MR) is 78.9 cm³/mol. The Hall–Kier alpha value is -1.55. The molecule has 0 aromatic heterocycles. The fourth-order valence-corrected chi connectivity index (χ4v) is 3.12. The van der Waals surface area contributed by atoms with Crippen molar-refractivity contribution >= 4 is 11.8 Å². The zero-order valence-electron chi connectivity index (χ0n) is 12.4. The predicted octanol–water partition coefficient (Wildman–Crippen LogP) is 3.17. The molecule has 0 radical (unpaired) electrons. The van der Waals surface area contributed by atoms with Gasteiger partial charge in [-0.15, -0.1) is 0 Å². The summed E-state index contributed by atoms with van der Waals surface area (Å²) in [5.41, 5.74) is 3.30. The number of ether oxygens (including phenoxy) is 1. The van der Waals surface area contributed by atoms with Gasteiger partial charge in [-0.2, -0.15) is 0 Å². The number of carbonyl (C=O) groups excluding carboxylic acids is 1. The minimum atomic E-state index is -0.472. The van der Waals surface area contributed by atoms with E-state index in [1.54, 1.807) is 0 Å². The Kier molecular flexibility index (Phi) is 3.01. The van der Waals surface area contributed by atoms with Crippen molar-refractivity contribution in [3.8, 4) is 0 Å². The third-order valence-corrected chi connectivity index (χ3v) is 4.10. The van der Waals surface area contributed by atoms with E-state index in [1.807, 2.05) is 26.8 Å². The first-order valence-corrected chi connectivity index (χ1v) is 7.26. The van der Waals surface area contributed by atoms with Gasteiger partial charge in [0.25, 0.3) is 0 Å². The lowest BCUT2D eigenvalue weighted by Gasteiger charge is -2.41. The van der Waals surface area contributed by atoms with E-state index < -0.39 is 11.7 Å². The average molecular weight is 274 g/mol. The largest absolute Gasteiger partial charge is 0.444 e. The minimum Gasteiger partial charge on any atom is -0.444 e. The molecule has 0 saturated carbocycles. The Morgan fingerprint density at radius 1 is 1.35 bits per heavy atom. The Balaban J connectivity index is 1.72. The summed E-state index contributed by atoms with van der Waals surface area (Å²) in [6, 6.07) is 6.19. The molecule has 2 aliphatic rings. The number of amides is 1. The zero-order valence-corrected chi connectivity index (χ0v) is 12.4. The molecule has 4 nitrogen and oxygen atoms in total. The maximum atomic E-state index is 11.8. The van der Waals surface area contributed by atoms with Crippen molar-refractivity contribution in [1.29, 1.82) is 0 Å². The van der Waals surface area contributed by atoms with E-state index >= 15 is 0 Å². The van der Waals surface area contributed by atoms with Gasteiger partial charge in [-0.25, -0.2) is 4.79 Å². The van der Waals surface area contributed by atoms with E-state index in [0.717, 1.165) is 25.1 Å². The molecular formula is C16H22N2O2. The van der Waals surface area contributed by atoms with E-state index in [0.29, 0.717) is 0 Å². The van der Waals surface area contributed by atoms with Crippen LogP contribution >= 0.6 is 0 Å². The van der Waals surface area contributed by atoms with Crippen LogP contribution in [0.5, 0.6) is 0 Å². The van der Waals surface area contributed by atoms with Gasteiger partial charge in [0.05, 0.1) is 0 Å². The Morgan fingerprint density at radius 3 is 2.70 bits per heavy atom. The Labute approximate surface area is 119 Å². The third kappa shape index (κ3) is 2.40. The summed E-state index contributed by atoms with van der Waals surface area (Å²) in [5.74, 6) is 0. The van der Waals surface area contributed by atoms with Crippen LogP contribution in [0.4, 0.5) is 10.5 Å². The number of hydrogen-bond acceptors (Lipinski definition) is 3. The highest BCUT2D eigenvalue weighted by atomic mass is 16.6. The van der Waals surface area contributed by atoms with Gasteiger partial charge in [-0.1, -0.05) is 6.07 Å². The smallest absolute Gasteiger partial charge is 0.412 e. The summed E-state index contributed by atoms with van der Waals surface area (Å²) in [6.45, 7) is 6.70. The van der Waals surface area contributed by atoms with E-state index in [4.69, 9.17) is 4.74 Å². The molecule has 1 saturated heterocycles. The van der Waals surface area contributed by atoms with E-state index in [2.05, 4.69) is 22.8 Å². The molecule has 1 atom stereocenters. The van der Waals surface area contributed by atoms with Crippen molar-refractivity contribution in [3.63, 3.8) is 0 Å². The van der Waals surface area contributed by atoms with Gasteiger partial charge in [0.15, 0.2) is 0 Å². The van der Waals surface area contributed by atoms with E-state index in [9.17, 15) is 4.79 Å². The summed E-state index contributed by atoms with van der Waals surface area (Å²) >= 11 is 0. The van der Waals surface area contributed by atoms with Gasteiger partial charge in [0, 0.05) is 11.2 Å². The van der Waals surface area contributed by atoms with E-state index in [-0.39, 0.29) is 5.54 Å². The summed E-state index contributed by atoms with van der Waals surface area (Å²) in [4.78, 5) is 11.8. The summed E-state index contributed by atoms with van der Waals surface area (Å²) in [7, 11) is 0. The van der Waals surface area contributed by atoms with Gasteiger partial charge >= 0.3 is 6.09 Å². The van der Waals surface area contributed by atoms with Crippen LogP contribution in [0.1, 0.15) is 44.7 Å². The summed E-state index contributed by atoms with van der Waals surface area (Å²) < 4.78 is 5.27. The number of fused-ring (bicyclic) bond motifs is 2. The highest BCUT2D eigenvalue weighted by molar-refractivity contribution is 5.85. The third-order valence-electron chi connectivity index (χ3n) is 4.10. The number of rotatable bonds is 1. The molecule has 4 heteroatoms. The zero-order chi connectivity index (χ0) is 14.4. The first-order chi connectivity index (χ1) is 9.38. The molecule has 1 aromatic rings. The molecule has 0 unspecified atom stereocenters. The monoisotopic (exact) mass is 274 g/mol. The first kappa shape index (κ1) is 13.4. The molecule has 1 fully saturated rings. The van der Waals surface area contributed by atoms with Crippen molar-refractivity contribution in [2.24, 2.45) is 0 Å². The molecule has 20 heavy (non-hydrogen) atoms. The van der Waals surface area contributed by atoms with Crippen LogP contribution in [0.25, 0.3) is 0 Å². The summed E-state index contributed by atoms with van der Waals surface area (Å²) in [5, 5.41) is 6.37. The van der Waals surface area contributed by atoms with Crippen molar-refractivity contribution < 1.29 is 9.53 Å². The molecule has 1 amide bonds. The highest BCUT2D eigenvalue weighted by Crippen LogP contribution is 2.44. The van der Waals surface area contributed by atoms with Crippen LogP contribution in [-0.2, 0) is 16.7 Å². The number of carbonyl (C=O) groups is 1. The topological polar surface area (TPSA) is 50.4 Å². The highest BCUT2D eigenvalue weighted by Gasteiger charge is 2.43. The number of hydrogen-bond donors (Lipinski definition) is 2. The average Bonchev–Trinajstić information content (AvgIpc) is 2.64. The van der Waals surface area contributed by atoms with Crippen molar-refractivity contribution in [1.82, 2.24) is 5.32 Å². The SMILES string of the molecule is CC(C)(C)OC(=O)Nc1ccc2c(c1)CC[C@]21CCN1. The molecule has 3 rings (SSSR count). The molecule has 1 spiro atoms. The van der Waals surface area contributed by atoms with Crippen LogP contribution in [-0.4, -0.2) is 18.2 Å². The lowest BCUT2D eigenvalue weighted by atomic mass is 9.82. The molecule has 2 N–H and O–H groups in total. The fourth-order valence-electron chi connectivity index (χ4n) is 3.12. The molecule has 1 aromatic carbocycles. The number of anilines is 1. The van der Waals surface area contributed by atoms with Crippen LogP contribution in [0.2, 0.25) is 0 Å². The number of benzene rings is 1. The fraction of sp³-hybridized carbons (Fsp3) is 0.562. The van der Waals surface area contributed by atoms with Crippen LogP contribution in [0.15, 0.2) is 18.2 Å². The van der Waals surface area contributed by atoms with Gasteiger partial charge in [0.1, 0.15) is 5.60 Å². The summed E-state index contributed by atoms with van der Waals surface area (Å²) in [6.07, 6.45) is 3.07. The Bertz CT molecular complexity index is 542. The number of nitrogens with one attached hydrogen (secondary N) is 2. The second kappa shape index (κ2) is 4.48. The molecular weight excluding hydrogens is 252 g/mol. The normalized spacial score (nSPS) is 24.1. The Morgan fingerprint density at radius 2 is 2.10 bits per heavy atom. The second-order valence-corrected chi connectivity index (χ2v) is 6.76. The molecule has 1 heterocycles. The van der Waals surface area contributed by atoms with Crippen molar-refractivity contribution in [2.45, 2.75) is 51.2 Å². The van der Waals surface area contributed by atoms with E-state index in [1.165, 1.54) is 17.5 Å². The lowest BCUT2D eigenvalue weighted by Crippen LogP contribution is -2.52. The minimum absolute atomic E-state index is 0.222. The van der Waals surface area contributed by atoms with Crippen LogP contribution in [0, 0.1) is 0 Å². The maximum absolute atomic E-state index is 11.8. The van der Waals surface area contributed by atoms with Gasteiger partial charge in [-0.05, 0) is 69.8 Å². The molecule has 0 bridgehead atoms. The molecule has 1 aliphatic carbocycles. The van der Waals surface area contributed by atoms with Crippen molar-refractivity contribution in [2.75, 3.05) is 11.9 Å². The van der Waals surface area contributed by atoms with Gasteiger partial charge in [-0.3, -0.25) is 5.32 Å². The molecule has 1 aliphatic heterocycles. The number of aryl methyl sites for hydroxylation is 1.